The molecule has 1 amide bonds. The van der Waals surface area contributed by atoms with Crippen molar-refractivity contribution in [1.82, 2.24) is 4.31 Å². The van der Waals surface area contributed by atoms with Gasteiger partial charge in [-0.1, -0.05) is 6.92 Å². The lowest BCUT2D eigenvalue weighted by Crippen LogP contribution is -2.44. The van der Waals surface area contributed by atoms with Crippen molar-refractivity contribution in [3.8, 4) is 5.75 Å². The molecular weight excluding hydrogens is 328 g/mol. The van der Waals surface area contributed by atoms with E-state index in [2.05, 4.69) is 5.32 Å². The van der Waals surface area contributed by atoms with Crippen LogP contribution in [0.4, 0.5) is 5.69 Å². The molecule has 0 aliphatic carbocycles. The molecule has 0 unspecified atom stereocenters. The van der Waals surface area contributed by atoms with Gasteiger partial charge in [-0.15, -0.1) is 0 Å². The molecule has 0 aromatic heterocycles. The minimum atomic E-state index is -3.25. The first-order valence-corrected chi connectivity index (χ1v) is 10.1. The molecule has 0 bridgehead atoms. The highest BCUT2D eigenvalue weighted by Gasteiger charge is 2.31. The minimum Gasteiger partial charge on any atom is -0.494 e. The number of carbonyl (C=O) groups is 1. The highest BCUT2D eigenvalue weighted by atomic mass is 32.2. The van der Waals surface area contributed by atoms with Crippen LogP contribution in [0.5, 0.6) is 5.75 Å². The van der Waals surface area contributed by atoms with Crippen LogP contribution in [0.2, 0.25) is 0 Å². The number of piperidine rings is 1. The van der Waals surface area contributed by atoms with Crippen molar-refractivity contribution < 1.29 is 17.9 Å². The number of benzene rings is 1. The molecule has 7 heteroatoms. The Bertz CT molecular complexity index is 643. The van der Waals surface area contributed by atoms with Gasteiger partial charge in [-0.2, -0.15) is 0 Å². The summed E-state index contributed by atoms with van der Waals surface area (Å²) in [5.41, 5.74) is 0.692. The Hall–Kier alpha value is -1.60. The number of nitrogens with zero attached hydrogens (tertiary/aromatic N) is 1. The van der Waals surface area contributed by atoms with Gasteiger partial charge in [0.2, 0.25) is 15.9 Å². The summed E-state index contributed by atoms with van der Waals surface area (Å²) in [5.74, 6) is 0.456. The predicted molar refractivity (Wildman–Crippen MR) is 94.6 cm³/mol. The van der Waals surface area contributed by atoms with Gasteiger partial charge in [-0.05, 0) is 50.5 Å². The number of amides is 1. The molecule has 1 aromatic rings. The highest BCUT2D eigenvalue weighted by molar-refractivity contribution is 7.89. The van der Waals surface area contributed by atoms with Crippen molar-refractivity contribution >= 4 is 21.6 Å². The first kappa shape index (κ1) is 18.7. The molecule has 0 radical (unpaired) electrons. The maximum atomic E-state index is 12.4. The Kier molecular flexibility index (Phi) is 6.62. The van der Waals surface area contributed by atoms with Crippen molar-refractivity contribution in [3.63, 3.8) is 0 Å². The molecule has 24 heavy (non-hydrogen) atoms. The van der Waals surface area contributed by atoms with Crippen LogP contribution in [0, 0.1) is 5.92 Å². The number of hydrogen-bond donors (Lipinski definition) is 1. The zero-order valence-electron chi connectivity index (χ0n) is 14.3. The standard InChI is InChI=1S/C17H26N2O4S/c1-3-12-24(21,22)19-11-5-6-14(13-19)17(20)18-15-7-9-16(10-8-15)23-4-2/h7-10,14H,3-6,11-13H2,1-2H3,(H,18,20)/t14-/m1/s1. The molecule has 1 aromatic carbocycles. The van der Waals surface area contributed by atoms with Gasteiger partial charge in [0, 0.05) is 18.8 Å². The average Bonchev–Trinajstić information content (AvgIpc) is 2.57. The van der Waals surface area contributed by atoms with Gasteiger partial charge in [-0.25, -0.2) is 12.7 Å². The van der Waals surface area contributed by atoms with Crippen LogP contribution >= 0.6 is 0 Å². The van der Waals surface area contributed by atoms with Crippen LogP contribution in [0.15, 0.2) is 24.3 Å². The fourth-order valence-electron chi connectivity index (χ4n) is 2.84. The van der Waals surface area contributed by atoms with E-state index in [0.29, 0.717) is 38.1 Å². The molecule has 1 fully saturated rings. The van der Waals surface area contributed by atoms with Crippen LogP contribution in [0.3, 0.4) is 0 Å². The Labute approximate surface area is 144 Å². The second-order valence-corrected chi connectivity index (χ2v) is 8.05. The minimum absolute atomic E-state index is 0.129. The van der Waals surface area contributed by atoms with E-state index >= 15 is 0 Å². The van der Waals surface area contributed by atoms with Crippen LogP contribution < -0.4 is 10.1 Å². The van der Waals surface area contributed by atoms with Gasteiger partial charge in [0.05, 0.1) is 18.3 Å². The first-order valence-electron chi connectivity index (χ1n) is 8.47. The van der Waals surface area contributed by atoms with Crippen molar-refractivity contribution in [3.05, 3.63) is 24.3 Å². The van der Waals surface area contributed by atoms with Gasteiger partial charge in [0.1, 0.15) is 5.75 Å². The summed E-state index contributed by atoms with van der Waals surface area (Å²) in [6, 6.07) is 7.19. The summed E-state index contributed by atoms with van der Waals surface area (Å²) < 4.78 is 31.2. The van der Waals surface area contributed by atoms with Gasteiger partial charge >= 0.3 is 0 Å². The fraction of sp³-hybridized carbons (Fsp3) is 0.588. The van der Waals surface area contributed by atoms with Crippen molar-refractivity contribution in [2.75, 3.05) is 30.8 Å². The third-order valence-electron chi connectivity index (χ3n) is 4.04. The first-order chi connectivity index (χ1) is 11.5. The van der Waals surface area contributed by atoms with Gasteiger partial charge in [0.15, 0.2) is 0 Å². The molecule has 1 heterocycles. The van der Waals surface area contributed by atoms with E-state index in [9.17, 15) is 13.2 Å². The summed E-state index contributed by atoms with van der Waals surface area (Å²) >= 11 is 0. The van der Waals surface area contributed by atoms with E-state index in [1.165, 1.54) is 4.31 Å². The number of ether oxygens (including phenoxy) is 1. The largest absolute Gasteiger partial charge is 0.494 e. The SMILES string of the molecule is CCCS(=O)(=O)N1CCC[C@@H](C(=O)Nc2ccc(OCC)cc2)C1. The molecule has 1 aliphatic rings. The van der Waals surface area contributed by atoms with Gasteiger partial charge < -0.3 is 10.1 Å². The number of carbonyl (C=O) groups excluding carboxylic acids is 1. The third kappa shape index (κ3) is 4.95. The van der Waals surface area contributed by atoms with E-state index < -0.39 is 10.0 Å². The van der Waals surface area contributed by atoms with E-state index in [4.69, 9.17) is 4.74 Å². The summed E-state index contributed by atoms with van der Waals surface area (Å²) in [7, 11) is -3.25. The molecule has 1 aliphatic heterocycles. The predicted octanol–water partition coefficient (Wildman–Crippen LogP) is 2.48. The van der Waals surface area contributed by atoms with Crippen LogP contribution in [-0.2, 0) is 14.8 Å². The van der Waals surface area contributed by atoms with Gasteiger partial charge in [0.25, 0.3) is 0 Å². The summed E-state index contributed by atoms with van der Waals surface area (Å²) in [4.78, 5) is 12.4. The second-order valence-electron chi connectivity index (χ2n) is 5.96. The summed E-state index contributed by atoms with van der Waals surface area (Å²) in [6.07, 6.45) is 2.01. The normalized spacial score (nSPS) is 19.0. The maximum Gasteiger partial charge on any atom is 0.228 e. The van der Waals surface area contributed by atoms with E-state index in [1.807, 2.05) is 13.8 Å². The molecule has 1 atom stereocenters. The molecular formula is C17H26N2O4S. The van der Waals surface area contributed by atoms with E-state index in [0.717, 1.165) is 5.75 Å². The topological polar surface area (TPSA) is 75.7 Å². The average molecular weight is 354 g/mol. The van der Waals surface area contributed by atoms with Crippen LogP contribution in [0.1, 0.15) is 33.1 Å². The van der Waals surface area contributed by atoms with E-state index in [-0.39, 0.29) is 24.1 Å². The Morgan fingerprint density at radius 2 is 2.00 bits per heavy atom. The molecule has 1 saturated heterocycles. The lowest BCUT2D eigenvalue weighted by Gasteiger charge is -2.31. The van der Waals surface area contributed by atoms with Crippen LogP contribution in [0.25, 0.3) is 0 Å². The summed E-state index contributed by atoms with van der Waals surface area (Å²) in [5, 5.41) is 2.87. The zero-order chi connectivity index (χ0) is 17.6. The Morgan fingerprint density at radius 1 is 1.29 bits per heavy atom. The molecule has 1 N–H and O–H groups in total. The Morgan fingerprint density at radius 3 is 2.62 bits per heavy atom. The van der Waals surface area contributed by atoms with Crippen molar-refractivity contribution in [2.45, 2.75) is 33.1 Å². The van der Waals surface area contributed by atoms with Crippen molar-refractivity contribution in [2.24, 2.45) is 5.92 Å². The molecule has 0 saturated carbocycles. The summed E-state index contributed by atoms with van der Waals surface area (Å²) in [6.45, 7) is 5.13. The highest BCUT2D eigenvalue weighted by Crippen LogP contribution is 2.22. The molecule has 0 spiro atoms. The number of nitrogens with one attached hydrogen (secondary N) is 1. The number of hydrogen-bond acceptors (Lipinski definition) is 4. The lowest BCUT2D eigenvalue weighted by molar-refractivity contribution is -0.120. The maximum absolute atomic E-state index is 12.4. The number of sulfonamides is 1. The number of anilines is 1. The smallest absolute Gasteiger partial charge is 0.228 e. The van der Waals surface area contributed by atoms with Crippen molar-refractivity contribution in [1.29, 1.82) is 0 Å². The number of rotatable bonds is 7. The Balaban J connectivity index is 1.96. The molecule has 134 valence electrons. The third-order valence-corrected chi connectivity index (χ3v) is 6.09. The van der Waals surface area contributed by atoms with E-state index in [1.54, 1.807) is 24.3 Å². The van der Waals surface area contributed by atoms with Gasteiger partial charge in [-0.3, -0.25) is 4.79 Å². The second kappa shape index (κ2) is 8.48. The fourth-order valence-corrected chi connectivity index (χ4v) is 4.43. The quantitative estimate of drug-likeness (QED) is 0.816. The van der Waals surface area contributed by atoms with Crippen LogP contribution in [-0.4, -0.2) is 44.1 Å². The zero-order valence-corrected chi connectivity index (χ0v) is 15.1. The lowest BCUT2D eigenvalue weighted by atomic mass is 9.99. The molecule has 2 rings (SSSR count). The monoisotopic (exact) mass is 354 g/mol. The molecule has 6 nitrogen and oxygen atoms in total.